The van der Waals surface area contributed by atoms with Gasteiger partial charge in [-0.15, -0.1) is 0 Å². The average molecular weight is 438 g/mol. The van der Waals surface area contributed by atoms with E-state index in [9.17, 15) is 20.0 Å². The van der Waals surface area contributed by atoms with Crippen LogP contribution in [0, 0.1) is 11.3 Å². The van der Waals surface area contributed by atoms with Crippen LogP contribution in [0.1, 0.15) is 29.7 Å². The van der Waals surface area contributed by atoms with Crippen LogP contribution in [-0.2, 0) is 11.2 Å². The number of ether oxygens (including phenoxy) is 1. The summed E-state index contributed by atoms with van der Waals surface area (Å²) in [5, 5.41) is 23.1. The van der Waals surface area contributed by atoms with Crippen molar-refractivity contribution in [1.29, 1.82) is 5.26 Å². The Morgan fingerprint density at radius 1 is 1.26 bits per heavy atom. The van der Waals surface area contributed by atoms with Crippen LogP contribution in [0.5, 0.6) is 5.75 Å². The molecule has 3 rings (SSSR count). The molecule has 0 unspecified atom stereocenters. The number of carbonyl (C=O) groups excluding carboxylic acids is 1. The van der Waals surface area contributed by atoms with Crippen LogP contribution in [0.4, 0.5) is 10.5 Å². The Balaban J connectivity index is 1.94. The zero-order valence-electron chi connectivity index (χ0n) is 18.2. The Hall–Kier alpha value is -3.31. The number of nitrogens with one attached hydrogen (secondary N) is 1. The molecule has 162 valence electrons. The third-order valence-corrected chi connectivity index (χ3v) is 7.42. The maximum Gasteiger partial charge on any atom is 0.408 e. The maximum atomic E-state index is 13.2. The van der Waals surface area contributed by atoms with Crippen molar-refractivity contribution in [2.45, 2.75) is 39.0 Å². The molecule has 2 aromatic carbocycles. The predicted molar refractivity (Wildman–Crippen MR) is 122 cm³/mol. The van der Waals surface area contributed by atoms with E-state index < -0.39 is 26.1 Å². The lowest BCUT2D eigenvalue weighted by atomic mass is 9.92. The minimum atomic E-state index is -1.71. The van der Waals surface area contributed by atoms with Crippen molar-refractivity contribution in [3.8, 4) is 11.8 Å². The number of carbonyl (C=O) groups is 2. The topological polar surface area (TPSA) is 103 Å². The maximum absolute atomic E-state index is 13.2. The van der Waals surface area contributed by atoms with E-state index in [1.807, 2.05) is 19.1 Å². The van der Waals surface area contributed by atoms with E-state index in [4.69, 9.17) is 4.74 Å². The first-order chi connectivity index (χ1) is 14.7. The van der Waals surface area contributed by atoms with Gasteiger partial charge in [-0.2, -0.15) is 5.26 Å². The summed E-state index contributed by atoms with van der Waals surface area (Å²) in [6.07, 6.45) is -0.637. The Bertz CT molecular complexity index is 1060. The Morgan fingerprint density at radius 3 is 2.61 bits per heavy atom. The second-order valence-electron chi connectivity index (χ2n) is 8.53. The van der Waals surface area contributed by atoms with Crippen molar-refractivity contribution in [3.63, 3.8) is 0 Å². The number of carboxylic acid groups (broad SMARTS) is 1. The zero-order chi connectivity index (χ0) is 22.8. The van der Waals surface area contributed by atoms with Gasteiger partial charge in [-0.05, 0) is 53.9 Å². The van der Waals surface area contributed by atoms with E-state index in [1.165, 1.54) is 0 Å². The molecule has 1 heterocycles. The Labute approximate surface area is 183 Å². The fraction of sp³-hybridized carbons (Fsp3) is 0.348. The molecule has 1 atom stereocenters. The summed E-state index contributed by atoms with van der Waals surface area (Å²) in [6, 6.07) is 12.0. The van der Waals surface area contributed by atoms with Gasteiger partial charge in [0.15, 0.2) is 0 Å². The van der Waals surface area contributed by atoms with Gasteiger partial charge in [0.1, 0.15) is 11.8 Å². The molecule has 2 N–H and O–H groups in total. The summed E-state index contributed by atoms with van der Waals surface area (Å²) in [4.78, 5) is 26.2. The number of amides is 2. The highest BCUT2D eigenvalue weighted by Crippen LogP contribution is 2.33. The van der Waals surface area contributed by atoms with Gasteiger partial charge in [-0.25, -0.2) is 4.79 Å². The van der Waals surface area contributed by atoms with Gasteiger partial charge in [0, 0.05) is 12.2 Å². The molecule has 0 radical (unpaired) electrons. The second kappa shape index (κ2) is 8.82. The van der Waals surface area contributed by atoms with Crippen LogP contribution in [0.25, 0.3) is 0 Å². The molecule has 2 aromatic rings. The van der Waals surface area contributed by atoms with Crippen molar-refractivity contribution < 1.29 is 19.4 Å². The van der Waals surface area contributed by atoms with E-state index >= 15 is 0 Å². The highest BCUT2D eigenvalue weighted by molar-refractivity contribution is 6.89. The molecule has 0 aliphatic carbocycles. The van der Waals surface area contributed by atoms with E-state index in [2.05, 4.69) is 31.0 Å². The largest absolute Gasteiger partial charge is 0.494 e. The van der Waals surface area contributed by atoms with Gasteiger partial charge in [0.05, 0.1) is 26.3 Å². The first kappa shape index (κ1) is 22.4. The summed E-state index contributed by atoms with van der Waals surface area (Å²) in [5.41, 5.74) is 2.56. The molecule has 0 saturated heterocycles. The molecule has 0 bridgehead atoms. The summed E-state index contributed by atoms with van der Waals surface area (Å²) >= 11 is 0. The number of fused-ring (bicyclic) bond motifs is 1. The van der Waals surface area contributed by atoms with Crippen LogP contribution in [0.15, 0.2) is 36.4 Å². The minimum Gasteiger partial charge on any atom is -0.494 e. The van der Waals surface area contributed by atoms with Crippen LogP contribution >= 0.6 is 0 Å². The van der Waals surface area contributed by atoms with E-state index in [-0.39, 0.29) is 6.54 Å². The Kier molecular flexibility index (Phi) is 6.36. The van der Waals surface area contributed by atoms with Crippen molar-refractivity contribution in [2.75, 3.05) is 18.5 Å². The van der Waals surface area contributed by atoms with Crippen molar-refractivity contribution in [2.24, 2.45) is 0 Å². The molecule has 2 amide bonds. The minimum absolute atomic E-state index is 0.216. The molecule has 31 heavy (non-hydrogen) atoms. The van der Waals surface area contributed by atoms with Gasteiger partial charge in [0.2, 0.25) is 0 Å². The molecule has 0 spiro atoms. The Morgan fingerprint density at radius 2 is 2.00 bits per heavy atom. The first-order valence-corrected chi connectivity index (χ1v) is 13.8. The van der Waals surface area contributed by atoms with Crippen molar-refractivity contribution in [3.05, 3.63) is 53.1 Å². The number of hydrogen-bond acceptors (Lipinski definition) is 4. The first-order valence-electron chi connectivity index (χ1n) is 10.3. The highest BCUT2D eigenvalue weighted by atomic mass is 28.3. The lowest BCUT2D eigenvalue weighted by Crippen LogP contribution is -2.44. The molecular formula is C23H27N3O4Si. The molecule has 7 nitrogen and oxygen atoms in total. The molecule has 1 aliphatic rings. The summed E-state index contributed by atoms with van der Waals surface area (Å²) in [7, 11) is -1.71. The van der Waals surface area contributed by atoms with E-state index in [0.717, 1.165) is 15.7 Å². The third kappa shape index (κ3) is 4.72. The summed E-state index contributed by atoms with van der Waals surface area (Å²) in [5.74, 6) is 0.252. The fourth-order valence-corrected chi connectivity index (χ4v) is 5.45. The third-order valence-electron chi connectivity index (χ3n) is 5.36. The molecular weight excluding hydrogens is 410 g/mol. The lowest BCUT2D eigenvalue weighted by Gasteiger charge is -2.34. The number of anilines is 1. The lowest BCUT2D eigenvalue weighted by molar-refractivity contribution is -0.121. The van der Waals surface area contributed by atoms with E-state index in [1.54, 1.807) is 24.3 Å². The number of nitriles is 1. The van der Waals surface area contributed by atoms with Crippen LogP contribution < -0.4 is 15.2 Å². The van der Waals surface area contributed by atoms with E-state index in [0.29, 0.717) is 35.6 Å². The monoisotopic (exact) mass is 437 g/mol. The molecule has 0 saturated carbocycles. The van der Waals surface area contributed by atoms with Crippen molar-refractivity contribution in [1.82, 2.24) is 4.90 Å². The van der Waals surface area contributed by atoms with Gasteiger partial charge in [0.25, 0.3) is 5.91 Å². The fourth-order valence-electron chi connectivity index (χ4n) is 3.93. The highest BCUT2D eigenvalue weighted by Gasteiger charge is 2.36. The number of hydrogen-bond donors (Lipinski definition) is 2. The van der Waals surface area contributed by atoms with Gasteiger partial charge < -0.3 is 15.2 Å². The van der Waals surface area contributed by atoms with Crippen LogP contribution in [0.3, 0.4) is 0 Å². The van der Waals surface area contributed by atoms with Crippen LogP contribution in [0.2, 0.25) is 19.6 Å². The normalized spacial score (nSPS) is 15.6. The van der Waals surface area contributed by atoms with Gasteiger partial charge >= 0.3 is 6.09 Å². The standard InChI is InChI=1S/C23H27N3O4Si/c1-5-30-18-7-8-19-15(13-18)10-11-26(23(28)29)21(19)22(27)25-17-6-9-20(31(2,3)4)16(12-17)14-24/h6-9,12-13,21H,5,10-11H2,1-4H3,(H,25,27)(H,28,29)/t21-/m0/s1. The second-order valence-corrected chi connectivity index (χ2v) is 13.6. The molecule has 1 aliphatic heterocycles. The number of nitrogens with zero attached hydrogens (tertiary/aromatic N) is 2. The molecule has 0 fully saturated rings. The summed E-state index contributed by atoms with van der Waals surface area (Å²) in [6.45, 7) is 9.10. The van der Waals surface area contributed by atoms with Crippen LogP contribution in [-0.4, -0.2) is 43.2 Å². The quantitative estimate of drug-likeness (QED) is 0.694. The molecule has 8 heteroatoms. The van der Waals surface area contributed by atoms with Crippen molar-refractivity contribution >= 4 is 30.9 Å². The zero-order valence-corrected chi connectivity index (χ0v) is 19.2. The van der Waals surface area contributed by atoms with Gasteiger partial charge in [-0.3, -0.25) is 9.69 Å². The summed E-state index contributed by atoms with van der Waals surface area (Å²) < 4.78 is 5.54. The smallest absolute Gasteiger partial charge is 0.408 e. The molecule has 0 aromatic heterocycles. The SMILES string of the molecule is CCOc1ccc2c(c1)CCN(C(=O)O)[C@@H]2C(=O)Nc1ccc([Si](C)(C)C)c(C#N)c1. The van der Waals surface area contributed by atoms with Gasteiger partial charge in [-0.1, -0.05) is 31.8 Å². The number of rotatable bonds is 5. The predicted octanol–water partition coefficient (Wildman–Crippen LogP) is 3.72. The number of benzene rings is 2. The average Bonchev–Trinajstić information content (AvgIpc) is 2.71.